The number of aryl methyl sites for hydroxylation is 1. The Balaban J connectivity index is 1.50. The fraction of sp³-hybridized carbons (Fsp3) is 0.300. The van der Waals surface area contributed by atoms with Crippen molar-refractivity contribution in [1.82, 2.24) is 9.80 Å². The van der Waals surface area contributed by atoms with Crippen molar-refractivity contribution >= 4 is 29.1 Å². The van der Waals surface area contributed by atoms with Gasteiger partial charge in [0.2, 0.25) is 5.91 Å². The number of halogens is 2. The van der Waals surface area contributed by atoms with E-state index in [2.05, 4.69) is 5.32 Å². The number of nitrogens with one attached hydrogen (secondary N) is 1. The van der Waals surface area contributed by atoms with Crippen molar-refractivity contribution in [3.05, 3.63) is 64.4 Å². The second kappa shape index (κ2) is 8.50. The van der Waals surface area contributed by atoms with E-state index in [0.717, 1.165) is 5.56 Å². The van der Waals surface area contributed by atoms with E-state index < -0.39 is 0 Å². The van der Waals surface area contributed by atoms with Crippen LogP contribution in [0.2, 0.25) is 5.02 Å². The van der Waals surface area contributed by atoms with Crippen molar-refractivity contribution in [1.29, 1.82) is 0 Å². The van der Waals surface area contributed by atoms with E-state index in [0.29, 0.717) is 42.5 Å². The molecule has 0 aliphatic carbocycles. The molecule has 0 atom stereocenters. The Labute approximate surface area is 162 Å². The maximum atomic E-state index is 13.0. The smallest absolute Gasteiger partial charge is 0.253 e. The first-order valence-electron chi connectivity index (χ1n) is 8.75. The maximum absolute atomic E-state index is 13.0. The molecule has 27 heavy (non-hydrogen) atoms. The number of hydrogen-bond acceptors (Lipinski definition) is 3. The number of anilines is 1. The van der Waals surface area contributed by atoms with Crippen molar-refractivity contribution in [3.63, 3.8) is 0 Å². The van der Waals surface area contributed by atoms with Gasteiger partial charge in [-0.25, -0.2) is 4.39 Å². The molecule has 1 aliphatic heterocycles. The Morgan fingerprint density at radius 3 is 2.41 bits per heavy atom. The van der Waals surface area contributed by atoms with Crippen LogP contribution >= 0.6 is 11.6 Å². The monoisotopic (exact) mass is 389 g/mol. The van der Waals surface area contributed by atoms with Crippen molar-refractivity contribution in [3.8, 4) is 0 Å². The third kappa shape index (κ3) is 5.05. The van der Waals surface area contributed by atoms with Crippen LogP contribution in [0.25, 0.3) is 0 Å². The van der Waals surface area contributed by atoms with Crippen LogP contribution < -0.4 is 5.32 Å². The lowest BCUT2D eigenvalue weighted by atomic mass is 10.1. The van der Waals surface area contributed by atoms with Gasteiger partial charge in [-0.15, -0.1) is 0 Å². The summed E-state index contributed by atoms with van der Waals surface area (Å²) in [5.41, 5.74) is 2.12. The first kappa shape index (κ1) is 19.3. The molecule has 0 bridgehead atoms. The van der Waals surface area contributed by atoms with Gasteiger partial charge in [0.25, 0.3) is 5.91 Å². The Morgan fingerprint density at radius 2 is 1.74 bits per heavy atom. The number of nitrogens with zero attached hydrogens (tertiary/aromatic N) is 2. The molecule has 1 N–H and O–H groups in total. The summed E-state index contributed by atoms with van der Waals surface area (Å²) in [5, 5.41) is 3.46. The number of hydrogen-bond donors (Lipinski definition) is 1. The van der Waals surface area contributed by atoms with Crippen LogP contribution in [0.4, 0.5) is 10.1 Å². The van der Waals surface area contributed by atoms with Gasteiger partial charge >= 0.3 is 0 Å². The molecule has 2 aromatic rings. The minimum absolute atomic E-state index is 0.112. The lowest BCUT2D eigenvalue weighted by molar-refractivity contribution is -0.117. The molecule has 0 unspecified atom stereocenters. The minimum Gasteiger partial charge on any atom is -0.336 e. The van der Waals surface area contributed by atoms with Crippen LogP contribution in [-0.4, -0.2) is 54.3 Å². The molecule has 2 aromatic carbocycles. The number of piperazine rings is 1. The van der Waals surface area contributed by atoms with Gasteiger partial charge in [0, 0.05) is 42.5 Å². The van der Waals surface area contributed by atoms with E-state index in [1.807, 2.05) is 17.9 Å². The van der Waals surface area contributed by atoms with E-state index in [1.165, 1.54) is 24.3 Å². The van der Waals surface area contributed by atoms with E-state index in [9.17, 15) is 14.0 Å². The standard InChI is InChI=1S/C20H21ClFN3O2/c1-14-2-5-16(21)12-18(14)23-19(26)13-24-8-10-25(11-9-24)20(27)15-3-6-17(22)7-4-15/h2-7,12H,8-11,13H2,1H3,(H,23,26). The second-order valence-electron chi connectivity index (χ2n) is 6.58. The highest BCUT2D eigenvalue weighted by Crippen LogP contribution is 2.20. The number of benzene rings is 2. The van der Waals surface area contributed by atoms with Gasteiger partial charge in [0.15, 0.2) is 0 Å². The van der Waals surface area contributed by atoms with Crippen LogP contribution in [0.15, 0.2) is 42.5 Å². The van der Waals surface area contributed by atoms with E-state index in [4.69, 9.17) is 11.6 Å². The van der Waals surface area contributed by atoms with Crippen LogP contribution in [0.3, 0.4) is 0 Å². The van der Waals surface area contributed by atoms with Crippen LogP contribution in [0.5, 0.6) is 0 Å². The van der Waals surface area contributed by atoms with E-state index in [-0.39, 0.29) is 24.2 Å². The molecule has 7 heteroatoms. The topological polar surface area (TPSA) is 52.7 Å². The lowest BCUT2D eigenvalue weighted by Gasteiger charge is -2.34. The third-order valence-electron chi connectivity index (χ3n) is 4.59. The normalized spacial score (nSPS) is 14.9. The van der Waals surface area contributed by atoms with Crippen molar-refractivity contribution < 1.29 is 14.0 Å². The molecule has 1 saturated heterocycles. The quantitative estimate of drug-likeness (QED) is 0.873. The van der Waals surface area contributed by atoms with Crippen molar-refractivity contribution in [2.45, 2.75) is 6.92 Å². The zero-order chi connectivity index (χ0) is 19.4. The predicted molar refractivity (Wildman–Crippen MR) is 104 cm³/mol. The summed E-state index contributed by atoms with van der Waals surface area (Å²) in [5.74, 6) is -0.593. The summed E-state index contributed by atoms with van der Waals surface area (Å²) >= 11 is 5.98. The molecule has 1 aliphatic rings. The molecule has 0 saturated carbocycles. The molecule has 0 aromatic heterocycles. The molecule has 142 valence electrons. The Kier molecular flexibility index (Phi) is 6.08. The first-order valence-corrected chi connectivity index (χ1v) is 9.13. The SMILES string of the molecule is Cc1ccc(Cl)cc1NC(=O)CN1CCN(C(=O)c2ccc(F)cc2)CC1. The zero-order valence-electron chi connectivity index (χ0n) is 15.0. The maximum Gasteiger partial charge on any atom is 0.253 e. The Morgan fingerprint density at radius 1 is 1.07 bits per heavy atom. The summed E-state index contributed by atoms with van der Waals surface area (Å²) in [6, 6.07) is 10.9. The van der Waals surface area contributed by atoms with Gasteiger partial charge in [0.1, 0.15) is 5.82 Å². The summed E-state index contributed by atoms with van der Waals surface area (Å²) in [4.78, 5) is 28.5. The number of carbonyl (C=O) groups excluding carboxylic acids is 2. The van der Waals surface area contributed by atoms with Gasteiger partial charge in [0.05, 0.1) is 6.54 Å². The number of carbonyl (C=O) groups is 2. The highest BCUT2D eigenvalue weighted by atomic mass is 35.5. The van der Waals surface area contributed by atoms with Gasteiger partial charge in [-0.05, 0) is 48.9 Å². The highest BCUT2D eigenvalue weighted by Gasteiger charge is 2.23. The van der Waals surface area contributed by atoms with Crippen LogP contribution in [-0.2, 0) is 4.79 Å². The molecule has 0 radical (unpaired) electrons. The second-order valence-corrected chi connectivity index (χ2v) is 7.02. The molecule has 2 amide bonds. The minimum atomic E-state index is -0.364. The average molecular weight is 390 g/mol. The fourth-order valence-electron chi connectivity index (χ4n) is 3.01. The highest BCUT2D eigenvalue weighted by molar-refractivity contribution is 6.31. The van der Waals surface area contributed by atoms with Crippen molar-refractivity contribution in [2.75, 3.05) is 38.0 Å². The zero-order valence-corrected chi connectivity index (χ0v) is 15.8. The molecule has 1 heterocycles. The molecular formula is C20H21ClFN3O2. The van der Waals surface area contributed by atoms with Gasteiger partial charge < -0.3 is 10.2 Å². The van der Waals surface area contributed by atoms with Gasteiger partial charge in [-0.2, -0.15) is 0 Å². The fourth-order valence-corrected chi connectivity index (χ4v) is 3.18. The first-order chi connectivity index (χ1) is 12.9. The number of rotatable bonds is 4. The summed E-state index contributed by atoms with van der Waals surface area (Å²) in [6.07, 6.45) is 0. The predicted octanol–water partition coefficient (Wildman–Crippen LogP) is 3.18. The van der Waals surface area contributed by atoms with Crippen molar-refractivity contribution in [2.24, 2.45) is 0 Å². The summed E-state index contributed by atoms with van der Waals surface area (Å²) in [7, 11) is 0. The molecular weight excluding hydrogens is 369 g/mol. The van der Waals surface area contributed by atoms with E-state index in [1.54, 1.807) is 17.0 Å². The molecule has 3 rings (SSSR count). The van der Waals surface area contributed by atoms with Crippen LogP contribution in [0, 0.1) is 12.7 Å². The Bertz CT molecular complexity index is 834. The summed E-state index contributed by atoms with van der Waals surface area (Å²) < 4.78 is 13.0. The molecule has 5 nitrogen and oxygen atoms in total. The third-order valence-corrected chi connectivity index (χ3v) is 4.83. The van der Waals surface area contributed by atoms with Gasteiger partial charge in [-0.1, -0.05) is 17.7 Å². The number of amides is 2. The van der Waals surface area contributed by atoms with E-state index >= 15 is 0 Å². The molecule has 0 spiro atoms. The van der Waals surface area contributed by atoms with Gasteiger partial charge in [-0.3, -0.25) is 14.5 Å². The molecule has 1 fully saturated rings. The lowest BCUT2D eigenvalue weighted by Crippen LogP contribution is -2.50. The summed E-state index contributed by atoms with van der Waals surface area (Å²) in [6.45, 7) is 4.43. The average Bonchev–Trinajstić information content (AvgIpc) is 2.65. The van der Waals surface area contributed by atoms with Crippen LogP contribution in [0.1, 0.15) is 15.9 Å². The Hall–Kier alpha value is -2.44. The largest absolute Gasteiger partial charge is 0.336 e.